The van der Waals surface area contributed by atoms with Gasteiger partial charge in [0.25, 0.3) is 5.91 Å². The largest absolute Gasteiger partial charge is 0.461 e. The van der Waals surface area contributed by atoms with Crippen LogP contribution in [0.4, 0.5) is 5.82 Å². The van der Waals surface area contributed by atoms with Gasteiger partial charge in [0, 0.05) is 6.42 Å². The van der Waals surface area contributed by atoms with Crippen molar-refractivity contribution in [2.75, 3.05) is 5.32 Å². The Labute approximate surface area is 226 Å². The van der Waals surface area contributed by atoms with Crippen molar-refractivity contribution in [2.24, 2.45) is 0 Å². The van der Waals surface area contributed by atoms with Crippen molar-refractivity contribution in [3.8, 4) is 0 Å². The average molecular weight is 517 g/mol. The fourth-order valence-corrected chi connectivity index (χ4v) is 5.35. The van der Waals surface area contributed by atoms with Gasteiger partial charge in [-0.1, -0.05) is 75.4 Å². The van der Waals surface area contributed by atoms with E-state index in [1.54, 1.807) is 6.20 Å². The van der Waals surface area contributed by atoms with Crippen molar-refractivity contribution in [1.82, 2.24) is 15.1 Å². The Hall–Kier alpha value is -3.61. The molecule has 2 aromatic carbocycles. The van der Waals surface area contributed by atoms with Crippen LogP contribution in [0.2, 0.25) is 0 Å². The molecule has 1 aromatic heterocycles. The number of hydrogen-bond donors (Lipinski definition) is 2. The first-order chi connectivity index (χ1) is 18.2. The normalized spacial score (nSPS) is 16.3. The van der Waals surface area contributed by atoms with E-state index in [-0.39, 0.29) is 30.1 Å². The zero-order chi connectivity index (χ0) is 27.3. The zero-order valence-electron chi connectivity index (χ0n) is 23.2. The Morgan fingerprint density at radius 2 is 1.76 bits per heavy atom. The molecule has 7 nitrogen and oxygen atoms in total. The molecule has 1 aliphatic rings. The Morgan fingerprint density at radius 3 is 2.39 bits per heavy atom. The SMILES string of the molecule is CCCC(=O)OCc1ccc(C(CC)(CC)NC(=O)c2cnn3c2NC(c2ccccc2)CC3(C)C)cc1. The lowest BCUT2D eigenvalue weighted by molar-refractivity contribution is -0.145. The van der Waals surface area contributed by atoms with Gasteiger partial charge in [0.15, 0.2) is 0 Å². The molecule has 38 heavy (non-hydrogen) atoms. The first kappa shape index (κ1) is 27.4. The fraction of sp³-hybridized carbons (Fsp3) is 0.452. The second-order valence-electron chi connectivity index (χ2n) is 10.8. The van der Waals surface area contributed by atoms with Gasteiger partial charge in [0.05, 0.1) is 23.3 Å². The molecule has 2 N–H and O–H groups in total. The van der Waals surface area contributed by atoms with Crippen LogP contribution in [-0.2, 0) is 27.2 Å². The summed E-state index contributed by atoms with van der Waals surface area (Å²) in [6, 6.07) is 18.4. The van der Waals surface area contributed by atoms with E-state index in [0.717, 1.165) is 42.6 Å². The maximum absolute atomic E-state index is 13.8. The van der Waals surface area contributed by atoms with Crippen molar-refractivity contribution in [3.63, 3.8) is 0 Å². The number of hydrogen-bond acceptors (Lipinski definition) is 5. The Balaban J connectivity index is 1.56. The summed E-state index contributed by atoms with van der Waals surface area (Å²) in [6.07, 6.45) is 5.20. The number of nitrogens with one attached hydrogen (secondary N) is 2. The topological polar surface area (TPSA) is 85.2 Å². The minimum Gasteiger partial charge on any atom is -0.461 e. The third-order valence-electron chi connectivity index (χ3n) is 7.72. The molecule has 1 atom stereocenters. The monoisotopic (exact) mass is 516 g/mol. The predicted octanol–water partition coefficient (Wildman–Crippen LogP) is 6.46. The van der Waals surface area contributed by atoms with E-state index < -0.39 is 5.54 Å². The molecule has 0 saturated heterocycles. The van der Waals surface area contributed by atoms with Crippen LogP contribution in [0.15, 0.2) is 60.8 Å². The third kappa shape index (κ3) is 5.62. The number of amides is 1. The summed E-state index contributed by atoms with van der Waals surface area (Å²) in [6.45, 7) is 10.7. The highest BCUT2D eigenvalue weighted by molar-refractivity contribution is 5.99. The number of carbonyl (C=O) groups excluding carboxylic acids is 2. The molecule has 1 unspecified atom stereocenters. The molecule has 202 valence electrons. The highest BCUT2D eigenvalue weighted by Crippen LogP contribution is 2.40. The smallest absolute Gasteiger partial charge is 0.306 e. The van der Waals surface area contributed by atoms with Crippen LogP contribution in [0.25, 0.3) is 0 Å². The summed E-state index contributed by atoms with van der Waals surface area (Å²) in [7, 11) is 0. The van der Waals surface area contributed by atoms with Gasteiger partial charge in [-0.25, -0.2) is 4.68 Å². The molecule has 7 heteroatoms. The van der Waals surface area contributed by atoms with Gasteiger partial charge < -0.3 is 15.4 Å². The van der Waals surface area contributed by atoms with Gasteiger partial charge in [0.1, 0.15) is 18.0 Å². The van der Waals surface area contributed by atoms with Gasteiger partial charge in [-0.2, -0.15) is 5.10 Å². The van der Waals surface area contributed by atoms with Gasteiger partial charge in [-0.3, -0.25) is 9.59 Å². The van der Waals surface area contributed by atoms with Crippen molar-refractivity contribution in [2.45, 2.75) is 90.4 Å². The van der Waals surface area contributed by atoms with Gasteiger partial charge in [-0.15, -0.1) is 0 Å². The third-order valence-corrected chi connectivity index (χ3v) is 7.72. The molecule has 2 heterocycles. The summed E-state index contributed by atoms with van der Waals surface area (Å²) in [5.74, 6) is 0.415. The average Bonchev–Trinajstić information content (AvgIpc) is 3.37. The van der Waals surface area contributed by atoms with E-state index in [4.69, 9.17) is 4.74 Å². The number of carbonyl (C=O) groups is 2. The molecular weight excluding hydrogens is 476 g/mol. The van der Waals surface area contributed by atoms with Crippen LogP contribution in [0, 0.1) is 0 Å². The summed E-state index contributed by atoms with van der Waals surface area (Å²) in [4.78, 5) is 25.5. The van der Waals surface area contributed by atoms with E-state index in [9.17, 15) is 9.59 Å². The number of rotatable bonds is 10. The van der Waals surface area contributed by atoms with Crippen molar-refractivity contribution < 1.29 is 14.3 Å². The van der Waals surface area contributed by atoms with Crippen LogP contribution in [0.1, 0.15) is 99.8 Å². The second kappa shape index (κ2) is 11.4. The highest BCUT2D eigenvalue weighted by atomic mass is 16.5. The first-order valence-corrected chi connectivity index (χ1v) is 13.7. The van der Waals surface area contributed by atoms with E-state index in [0.29, 0.717) is 12.0 Å². The van der Waals surface area contributed by atoms with Crippen molar-refractivity contribution >= 4 is 17.7 Å². The molecule has 0 saturated carbocycles. The van der Waals surface area contributed by atoms with Crippen LogP contribution >= 0.6 is 0 Å². The highest BCUT2D eigenvalue weighted by Gasteiger charge is 2.38. The van der Waals surface area contributed by atoms with Crippen LogP contribution < -0.4 is 10.6 Å². The standard InChI is InChI=1S/C31H40N4O3/c1-6-12-27(36)38-21-22-15-17-24(18-16-22)31(7-2,8-3)34-29(37)25-20-32-35-28(25)33-26(19-30(35,4)5)23-13-10-9-11-14-23/h9-11,13-18,20,26,33H,6-8,12,19,21H2,1-5H3,(H,34,37). The number of anilines is 1. The van der Waals surface area contributed by atoms with E-state index in [1.165, 1.54) is 5.56 Å². The number of nitrogens with zero attached hydrogens (tertiary/aromatic N) is 2. The van der Waals surface area contributed by atoms with E-state index in [2.05, 4.69) is 55.6 Å². The number of aromatic nitrogens is 2. The minimum absolute atomic E-state index is 0.0861. The van der Waals surface area contributed by atoms with Crippen molar-refractivity contribution in [3.05, 3.63) is 83.0 Å². The Kier molecular flexibility index (Phi) is 8.24. The predicted molar refractivity (Wildman–Crippen MR) is 150 cm³/mol. The van der Waals surface area contributed by atoms with Crippen LogP contribution in [-0.4, -0.2) is 21.7 Å². The minimum atomic E-state index is -0.535. The van der Waals surface area contributed by atoms with E-state index in [1.807, 2.05) is 54.1 Å². The molecule has 3 aromatic rings. The summed E-state index contributed by atoms with van der Waals surface area (Å²) in [5.41, 5.74) is 2.90. The fourth-order valence-electron chi connectivity index (χ4n) is 5.35. The molecule has 0 fully saturated rings. The lowest BCUT2D eigenvalue weighted by Gasteiger charge is -2.38. The quantitative estimate of drug-likeness (QED) is 0.302. The number of fused-ring (bicyclic) bond motifs is 1. The molecular formula is C31H40N4O3. The van der Waals surface area contributed by atoms with Gasteiger partial charge in [-0.05, 0) is 56.2 Å². The van der Waals surface area contributed by atoms with Crippen molar-refractivity contribution in [1.29, 1.82) is 0 Å². The molecule has 0 aliphatic carbocycles. The first-order valence-electron chi connectivity index (χ1n) is 13.7. The lowest BCUT2D eigenvalue weighted by Crippen LogP contribution is -2.45. The van der Waals surface area contributed by atoms with Crippen LogP contribution in [0.3, 0.4) is 0 Å². The summed E-state index contributed by atoms with van der Waals surface area (Å²) >= 11 is 0. The zero-order valence-corrected chi connectivity index (χ0v) is 23.2. The lowest BCUT2D eigenvalue weighted by atomic mass is 9.84. The molecule has 1 amide bonds. The van der Waals surface area contributed by atoms with Gasteiger partial charge >= 0.3 is 5.97 Å². The van der Waals surface area contributed by atoms with Gasteiger partial charge in [0.2, 0.25) is 0 Å². The molecule has 0 bridgehead atoms. The van der Waals surface area contributed by atoms with Crippen LogP contribution in [0.5, 0.6) is 0 Å². The Morgan fingerprint density at radius 1 is 1.08 bits per heavy atom. The second-order valence-corrected chi connectivity index (χ2v) is 10.8. The summed E-state index contributed by atoms with van der Waals surface area (Å²) < 4.78 is 7.29. The Bertz CT molecular complexity index is 1240. The summed E-state index contributed by atoms with van der Waals surface area (Å²) in [5, 5.41) is 11.6. The molecule has 4 rings (SSSR count). The number of benzene rings is 2. The molecule has 1 aliphatic heterocycles. The maximum Gasteiger partial charge on any atom is 0.306 e. The molecule has 0 spiro atoms. The maximum atomic E-state index is 13.8. The number of esters is 1. The molecule has 0 radical (unpaired) electrons. The van der Waals surface area contributed by atoms with E-state index >= 15 is 0 Å². The number of ether oxygens (including phenoxy) is 1.